The van der Waals surface area contributed by atoms with Crippen molar-refractivity contribution in [2.45, 2.75) is 25.5 Å². The van der Waals surface area contributed by atoms with Gasteiger partial charge in [0.2, 0.25) is 0 Å². The van der Waals surface area contributed by atoms with Crippen molar-refractivity contribution in [2.75, 3.05) is 21.3 Å². The van der Waals surface area contributed by atoms with Crippen molar-refractivity contribution >= 4 is 0 Å². The third-order valence-corrected chi connectivity index (χ3v) is 3.02. The Kier molecular flexibility index (Phi) is 5.91. The van der Waals surface area contributed by atoms with Gasteiger partial charge >= 0.3 is 0 Å². The highest BCUT2D eigenvalue weighted by Crippen LogP contribution is 2.31. The van der Waals surface area contributed by atoms with Gasteiger partial charge in [-0.1, -0.05) is 13.0 Å². The van der Waals surface area contributed by atoms with Crippen LogP contribution in [0.15, 0.2) is 18.2 Å². The number of benzene rings is 1. The summed E-state index contributed by atoms with van der Waals surface area (Å²) in [5.74, 6) is 7.00. The largest absolute Gasteiger partial charge is 0.493 e. The predicted molar refractivity (Wildman–Crippen MR) is 70.7 cm³/mol. The molecule has 1 aromatic carbocycles. The summed E-state index contributed by atoms with van der Waals surface area (Å²) in [6.07, 6.45) is 0.868. The molecule has 2 unspecified atom stereocenters. The average Bonchev–Trinajstić information content (AvgIpc) is 2.43. The SMILES string of the molecule is CCC(OC)C(NN)c1ccc(OC)c(OC)c1. The Hall–Kier alpha value is -1.30. The minimum Gasteiger partial charge on any atom is -0.493 e. The van der Waals surface area contributed by atoms with Crippen molar-refractivity contribution in [1.29, 1.82) is 0 Å². The van der Waals surface area contributed by atoms with Crippen molar-refractivity contribution < 1.29 is 14.2 Å². The highest BCUT2D eigenvalue weighted by atomic mass is 16.5. The van der Waals surface area contributed by atoms with Gasteiger partial charge in [0.1, 0.15) is 0 Å². The molecule has 3 N–H and O–H groups in total. The van der Waals surface area contributed by atoms with Gasteiger partial charge in [0.15, 0.2) is 11.5 Å². The molecule has 0 saturated carbocycles. The summed E-state index contributed by atoms with van der Waals surface area (Å²) < 4.78 is 15.9. The molecule has 0 aliphatic rings. The van der Waals surface area contributed by atoms with Gasteiger partial charge in [-0.15, -0.1) is 0 Å². The van der Waals surface area contributed by atoms with Gasteiger partial charge in [-0.2, -0.15) is 0 Å². The van der Waals surface area contributed by atoms with Crippen LogP contribution in [-0.2, 0) is 4.74 Å². The molecule has 0 fully saturated rings. The maximum atomic E-state index is 5.62. The molecule has 0 aromatic heterocycles. The molecule has 2 atom stereocenters. The highest BCUT2D eigenvalue weighted by Gasteiger charge is 2.21. The van der Waals surface area contributed by atoms with E-state index in [-0.39, 0.29) is 12.1 Å². The maximum Gasteiger partial charge on any atom is 0.161 e. The van der Waals surface area contributed by atoms with Crippen LogP contribution in [0, 0.1) is 0 Å². The fourth-order valence-corrected chi connectivity index (χ4v) is 2.00. The monoisotopic (exact) mass is 254 g/mol. The average molecular weight is 254 g/mol. The minimum atomic E-state index is -0.0835. The van der Waals surface area contributed by atoms with Crippen molar-refractivity contribution in [3.05, 3.63) is 23.8 Å². The van der Waals surface area contributed by atoms with Gasteiger partial charge in [-0.25, -0.2) is 0 Å². The number of hydrogen-bond donors (Lipinski definition) is 2. The lowest BCUT2D eigenvalue weighted by Gasteiger charge is -2.25. The first kappa shape index (κ1) is 14.8. The smallest absolute Gasteiger partial charge is 0.161 e. The van der Waals surface area contributed by atoms with Crippen LogP contribution in [0.2, 0.25) is 0 Å². The van der Waals surface area contributed by atoms with Crippen molar-refractivity contribution in [3.63, 3.8) is 0 Å². The van der Waals surface area contributed by atoms with Crippen LogP contribution in [0.5, 0.6) is 11.5 Å². The van der Waals surface area contributed by atoms with Crippen LogP contribution < -0.4 is 20.7 Å². The number of ether oxygens (including phenoxy) is 3. The quantitative estimate of drug-likeness (QED) is 0.572. The van der Waals surface area contributed by atoms with Gasteiger partial charge in [-0.3, -0.25) is 11.3 Å². The summed E-state index contributed by atoms with van der Waals surface area (Å²) >= 11 is 0. The zero-order valence-electron chi connectivity index (χ0n) is 11.4. The summed E-state index contributed by atoms with van der Waals surface area (Å²) in [5.41, 5.74) is 3.79. The van der Waals surface area contributed by atoms with E-state index in [1.165, 1.54) is 0 Å². The normalized spacial score (nSPS) is 14.1. The van der Waals surface area contributed by atoms with E-state index < -0.39 is 0 Å². The molecule has 18 heavy (non-hydrogen) atoms. The lowest BCUT2D eigenvalue weighted by molar-refractivity contribution is 0.0650. The summed E-state index contributed by atoms with van der Waals surface area (Å²) in [7, 11) is 4.90. The Morgan fingerprint density at radius 1 is 1.17 bits per heavy atom. The van der Waals surface area contributed by atoms with E-state index in [1.807, 2.05) is 18.2 Å². The van der Waals surface area contributed by atoms with Crippen LogP contribution in [0.1, 0.15) is 24.9 Å². The first-order valence-electron chi connectivity index (χ1n) is 5.92. The second kappa shape index (κ2) is 7.20. The van der Waals surface area contributed by atoms with E-state index in [4.69, 9.17) is 20.1 Å². The summed E-state index contributed by atoms with van der Waals surface area (Å²) in [5, 5.41) is 0. The first-order valence-corrected chi connectivity index (χ1v) is 5.92. The molecule has 0 spiro atoms. The predicted octanol–water partition coefficient (Wildman–Crippen LogP) is 1.63. The Balaban J connectivity index is 3.06. The third kappa shape index (κ3) is 3.13. The fourth-order valence-electron chi connectivity index (χ4n) is 2.00. The molecule has 0 aliphatic carbocycles. The van der Waals surface area contributed by atoms with E-state index in [2.05, 4.69) is 12.3 Å². The number of hydrogen-bond acceptors (Lipinski definition) is 5. The summed E-state index contributed by atoms with van der Waals surface area (Å²) in [6, 6.07) is 5.64. The van der Waals surface area contributed by atoms with Gasteiger partial charge in [0.25, 0.3) is 0 Å². The Labute approximate surface area is 108 Å². The second-order valence-corrected chi connectivity index (χ2v) is 3.94. The Morgan fingerprint density at radius 2 is 1.83 bits per heavy atom. The molecule has 5 nitrogen and oxygen atoms in total. The second-order valence-electron chi connectivity index (χ2n) is 3.94. The molecular formula is C13H22N2O3. The molecule has 0 aliphatic heterocycles. The zero-order valence-corrected chi connectivity index (χ0v) is 11.4. The number of methoxy groups -OCH3 is 3. The molecule has 0 radical (unpaired) electrons. The molecule has 1 aromatic rings. The van der Waals surface area contributed by atoms with Gasteiger partial charge in [0.05, 0.1) is 26.4 Å². The molecule has 5 heteroatoms. The van der Waals surface area contributed by atoms with Crippen LogP contribution >= 0.6 is 0 Å². The van der Waals surface area contributed by atoms with Gasteiger partial charge in [-0.05, 0) is 24.1 Å². The number of rotatable bonds is 7. The Morgan fingerprint density at radius 3 is 2.28 bits per heavy atom. The minimum absolute atomic E-state index is 0.00750. The molecule has 102 valence electrons. The fraction of sp³-hybridized carbons (Fsp3) is 0.538. The number of hydrazine groups is 1. The van der Waals surface area contributed by atoms with E-state index in [9.17, 15) is 0 Å². The highest BCUT2D eigenvalue weighted by molar-refractivity contribution is 5.44. The molecule has 1 rings (SSSR count). The molecule has 0 saturated heterocycles. The van der Waals surface area contributed by atoms with Crippen LogP contribution in [-0.4, -0.2) is 27.4 Å². The third-order valence-electron chi connectivity index (χ3n) is 3.02. The van der Waals surface area contributed by atoms with E-state index in [1.54, 1.807) is 21.3 Å². The molecule has 0 bridgehead atoms. The Bertz CT molecular complexity index is 367. The number of nitrogens with two attached hydrogens (primary N) is 1. The van der Waals surface area contributed by atoms with Crippen LogP contribution in [0.4, 0.5) is 0 Å². The van der Waals surface area contributed by atoms with Gasteiger partial charge < -0.3 is 14.2 Å². The van der Waals surface area contributed by atoms with Gasteiger partial charge in [0, 0.05) is 7.11 Å². The van der Waals surface area contributed by atoms with Crippen molar-refractivity contribution in [2.24, 2.45) is 5.84 Å². The molecule has 0 amide bonds. The van der Waals surface area contributed by atoms with Crippen LogP contribution in [0.3, 0.4) is 0 Å². The topological polar surface area (TPSA) is 65.7 Å². The van der Waals surface area contributed by atoms with Crippen LogP contribution in [0.25, 0.3) is 0 Å². The summed E-state index contributed by atoms with van der Waals surface area (Å²) in [4.78, 5) is 0. The van der Waals surface area contributed by atoms with E-state index >= 15 is 0 Å². The first-order chi connectivity index (χ1) is 8.71. The van der Waals surface area contributed by atoms with E-state index in [0.717, 1.165) is 12.0 Å². The maximum absolute atomic E-state index is 5.62. The number of nitrogens with one attached hydrogen (secondary N) is 1. The standard InChI is InChI=1S/C13H22N2O3/c1-5-10(16-2)13(15-14)9-6-7-11(17-3)12(8-9)18-4/h6-8,10,13,15H,5,14H2,1-4H3. The molecular weight excluding hydrogens is 232 g/mol. The molecule has 0 heterocycles. The summed E-state index contributed by atoms with van der Waals surface area (Å²) in [6.45, 7) is 2.05. The van der Waals surface area contributed by atoms with Crippen molar-refractivity contribution in [1.82, 2.24) is 5.43 Å². The lowest BCUT2D eigenvalue weighted by Crippen LogP contribution is -2.37. The zero-order chi connectivity index (χ0) is 13.5. The van der Waals surface area contributed by atoms with E-state index in [0.29, 0.717) is 11.5 Å². The lowest BCUT2D eigenvalue weighted by atomic mass is 9.99. The van der Waals surface area contributed by atoms with Crippen molar-refractivity contribution in [3.8, 4) is 11.5 Å².